The number of hydrogen-bond acceptors (Lipinski definition) is 4. The van der Waals surface area contributed by atoms with Crippen molar-refractivity contribution in [1.82, 2.24) is 0 Å². The molecule has 2 aromatic carbocycles. The first-order valence-corrected chi connectivity index (χ1v) is 6.33. The van der Waals surface area contributed by atoms with Gasteiger partial charge in [-0.05, 0) is 11.6 Å². The Labute approximate surface area is 117 Å². The molecule has 3 rings (SSSR count). The summed E-state index contributed by atoms with van der Waals surface area (Å²) in [6, 6.07) is 15.7. The largest absolute Gasteiger partial charge is 0.485 e. The second-order valence-corrected chi connectivity index (χ2v) is 4.40. The van der Waals surface area contributed by atoms with Crippen LogP contribution in [-0.4, -0.2) is 6.79 Å². The number of hydrogen-bond donors (Lipinski definition) is 0. The minimum Gasteiger partial charge on any atom is -0.485 e. The van der Waals surface area contributed by atoms with Gasteiger partial charge in [-0.3, -0.25) is 0 Å². The molecule has 0 amide bonds. The van der Waals surface area contributed by atoms with Gasteiger partial charge in [-0.25, -0.2) is 0 Å². The minimum absolute atomic E-state index is 0.188. The fourth-order valence-electron chi connectivity index (χ4n) is 2.10. The number of nitrogens with zero attached hydrogens (tertiary/aromatic N) is 1. The second kappa shape index (κ2) is 5.54. The Balaban J connectivity index is 1.87. The Morgan fingerprint density at radius 3 is 2.75 bits per heavy atom. The molecule has 0 aliphatic carbocycles. The van der Waals surface area contributed by atoms with E-state index >= 15 is 0 Å². The van der Waals surface area contributed by atoms with Crippen molar-refractivity contribution in [2.75, 3.05) is 6.79 Å². The fourth-order valence-corrected chi connectivity index (χ4v) is 2.10. The molecule has 4 nitrogen and oxygen atoms in total. The lowest BCUT2D eigenvalue weighted by Gasteiger charge is -2.12. The molecule has 0 spiro atoms. The van der Waals surface area contributed by atoms with E-state index in [9.17, 15) is 0 Å². The van der Waals surface area contributed by atoms with Crippen molar-refractivity contribution in [3.05, 3.63) is 53.6 Å². The Morgan fingerprint density at radius 1 is 1.10 bits per heavy atom. The third-order valence-corrected chi connectivity index (χ3v) is 3.07. The maximum absolute atomic E-state index is 8.90. The summed E-state index contributed by atoms with van der Waals surface area (Å²) in [5.74, 6) is 1.86. The number of fused-ring (bicyclic) bond motifs is 1. The predicted molar refractivity (Wildman–Crippen MR) is 72.7 cm³/mol. The molecule has 1 aliphatic heterocycles. The molecule has 20 heavy (non-hydrogen) atoms. The Morgan fingerprint density at radius 2 is 1.95 bits per heavy atom. The highest BCUT2D eigenvalue weighted by Crippen LogP contribution is 2.43. The standard InChI is InChI=1S/C16H13NO3/c17-9-8-13-6-7-14-16(20-11-19-14)15(13)18-10-12-4-2-1-3-5-12/h1-7H,8,10-11H2. The Hall–Kier alpha value is -2.67. The molecule has 2 aromatic rings. The number of benzene rings is 2. The molecule has 0 fully saturated rings. The summed E-state index contributed by atoms with van der Waals surface area (Å²) in [5.41, 5.74) is 1.87. The molecule has 0 aromatic heterocycles. The lowest BCUT2D eigenvalue weighted by molar-refractivity contribution is 0.169. The summed E-state index contributed by atoms with van der Waals surface area (Å²) in [6.45, 7) is 0.617. The first kappa shape index (κ1) is 12.4. The normalized spacial score (nSPS) is 11.9. The van der Waals surface area contributed by atoms with Crippen LogP contribution in [0.15, 0.2) is 42.5 Å². The Kier molecular flexibility index (Phi) is 3.42. The van der Waals surface area contributed by atoms with Crippen molar-refractivity contribution in [2.45, 2.75) is 13.0 Å². The molecular formula is C16H13NO3. The topological polar surface area (TPSA) is 51.5 Å². The van der Waals surface area contributed by atoms with Gasteiger partial charge in [-0.1, -0.05) is 36.4 Å². The molecule has 100 valence electrons. The monoisotopic (exact) mass is 267 g/mol. The molecule has 0 atom stereocenters. The lowest BCUT2D eigenvalue weighted by Crippen LogP contribution is -2.00. The highest BCUT2D eigenvalue weighted by molar-refractivity contribution is 5.57. The highest BCUT2D eigenvalue weighted by Gasteiger charge is 2.22. The smallest absolute Gasteiger partial charge is 0.231 e. The van der Waals surface area contributed by atoms with Crippen LogP contribution in [-0.2, 0) is 13.0 Å². The van der Waals surface area contributed by atoms with Gasteiger partial charge in [-0.15, -0.1) is 0 Å². The van der Waals surface area contributed by atoms with Crippen LogP contribution >= 0.6 is 0 Å². The molecule has 1 heterocycles. The predicted octanol–water partition coefficient (Wildman–Crippen LogP) is 3.06. The van der Waals surface area contributed by atoms with E-state index in [2.05, 4.69) is 6.07 Å². The average Bonchev–Trinajstić information content (AvgIpc) is 2.96. The molecule has 4 heteroatoms. The van der Waals surface area contributed by atoms with Crippen molar-refractivity contribution in [2.24, 2.45) is 0 Å². The number of ether oxygens (including phenoxy) is 3. The maximum atomic E-state index is 8.90. The summed E-state index contributed by atoms with van der Waals surface area (Å²) < 4.78 is 16.7. The molecule has 0 radical (unpaired) electrons. The van der Waals surface area contributed by atoms with Gasteiger partial charge in [0.05, 0.1) is 12.5 Å². The average molecular weight is 267 g/mol. The van der Waals surface area contributed by atoms with Crippen LogP contribution in [0.25, 0.3) is 0 Å². The van der Waals surface area contributed by atoms with E-state index in [4.69, 9.17) is 19.5 Å². The zero-order chi connectivity index (χ0) is 13.8. The van der Waals surface area contributed by atoms with E-state index in [1.54, 1.807) is 0 Å². The van der Waals surface area contributed by atoms with Crippen molar-refractivity contribution in [3.63, 3.8) is 0 Å². The van der Waals surface area contributed by atoms with E-state index < -0.39 is 0 Å². The molecular weight excluding hydrogens is 254 g/mol. The van der Waals surface area contributed by atoms with Crippen LogP contribution in [0.5, 0.6) is 17.2 Å². The summed E-state index contributed by atoms with van der Waals surface area (Å²) in [4.78, 5) is 0. The summed E-state index contributed by atoms with van der Waals surface area (Å²) in [6.07, 6.45) is 0.279. The summed E-state index contributed by atoms with van der Waals surface area (Å²) in [5, 5.41) is 8.90. The van der Waals surface area contributed by atoms with Crippen molar-refractivity contribution in [3.8, 4) is 23.3 Å². The van der Waals surface area contributed by atoms with Crippen molar-refractivity contribution in [1.29, 1.82) is 5.26 Å². The van der Waals surface area contributed by atoms with Gasteiger partial charge in [0.15, 0.2) is 11.5 Å². The second-order valence-electron chi connectivity index (χ2n) is 4.40. The first-order valence-electron chi connectivity index (χ1n) is 6.33. The summed E-state index contributed by atoms with van der Waals surface area (Å²) in [7, 11) is 0. The van der Waals surface area contributed by atoms with Crippen LogP contribution in [0.1, 0.15) is 11.1 Å². The van der Waals surface area contributed by atoms with Gasteiger partial charge in [0, 0.05) is 5.56 Å². The third kappa shape index (κ3) is 2.39. The van der Waals surface area contributed by atoms with E-state index in [0.717, 1.165) is 11.1 Å². The van der Waals surface area contributed by atoms with Gasteiger partial charge in [0.2, 0.25) is 12.5 Å². The number of nitriles is 1. The van der Waals surface area contributed by atoms with Crippen LogP contribution in [0, 0.1) is 11.3 Å². The minimum atomic E-state index is 0.188. The summed E-state index contributed by atoms with van der Waals surface area (Å²) >= 11 is 0. The van der Waals surface area contributed by atoms with Crippen molar-refractivity contribution >= 4 is 0 Å². The zero-order valence-corrected chi connectivity index (χ0v) is 10.8. The van der Waals surface area contributed by atoms with Gasteiger partial charge in [0.25, 0.3) is 0 Å². The molecule has 0 N–H and O–H groups in total. The maximum Gasteiger partial charge on any atom is 0.231 e. The third-order valence-electron chi connectivity index (χ3n) is 3.07. The molecule has 0 unspecified atom stereocenters. The van der Waals surface area contributed by atoms with Gasteiger partial charge < -0.3 is 14.2 Å². The van der Waals surface area contributed by atoms with Gasteiger partial charge >= 0.3 is 0 Å². The first-order chi connectivity index (χ1) is 9.88. The van der Waals surface area contributed by atoms with Gasteiger partial charge in [-0.2, -0.15) is 5.26 Å². The molecule has 0 bridgehead atoms. The lowest BCUT2D eigenvalue weighted by atomic mass is 10.1. The van der Waals surface area contributed by atoms with Crippen LogP contribution in [0.4, 0.5) is 0 Å². The highest BCUT2D eigenvalue weighted by atomic mass is 16.7. The van der Waals surface area contributed by atoms with E-state index in [-0.39, 0.29) is 13.2 Å². The van der Waals surface area contributed by atoms with E-state index in [1.165, 1.54) is 0 Å². The van der Waals surface area contributed by atoms with Crippen LogP contribution < -0.4 is 14.2 Å². The van der Waals surface area contributed by atoms with E-state index in [1.807, 2.05) is 42.5 Å². The van der Waals surface area contributed by atoms with Crippen LogP contribution in [0.2, 0.25) is 0 Å². The fraction of sp³-hybridized carbons (Fsp3) is 0.188. The Bertz CT molecular complexity index is 647. The van der Waals surface area contributed by atoms with Gasteiger partial charge in [0.1, 0.15) is 6.61 Å². The molecule has 1 aliphatic rings. The SMILES string of the molecule is N#CCc1ccc2c(c1OCc1ccccc1)OCO2. The zero-order valence-electron chi connectivity index (χ0n) is 10.8. The number of rotatable bonds is 4. The molecule has 0 saturated heterocycles. The van der Waals surface area contributed by atoms with Crippen molar-refractivity contribution < 1.29 is 14.2 Å². The quantitative estimate of drug-likeness (QED) is 0.854. The molecule has 0 saturated carbocycles. The van der Waals surface area contributed by atoms with E-state index in [0.29, 0.717) is 23.9 Å². The van der Waals surface area contributed by atoms with Crippen LogP contribution in [0.3, 0.4) is 0 Å².